The first kappa shape index (κ1) is 35.5. The Morgan fingerprint density at radius 3 is 1.85 bits per heavy atom. The SMILES string of the molecule is Nc1ccn([C@H]2O[C@H](COP(=O)(O)OP(=O)(O)OP(=O)(O)OC[C@H]3O[C@H](n4cnc5c(N)ncnc54)[C@H](O)[C@@H]3O)[C@@H](O)[C@H]2O)c(=O)n1. The lowest BCUT2D eigenvalue weighted by atomic mass is 10.1. The zero-order valence-corrected chi connectivity index (χ0v) is 25.9. The van der Waals surface area contributed by atoms with E-state index in [4.69, 9.17) is 20.9 Å². The summed E-state index contributed by atoms with van der Waals surface area (Å²) >= 11 is 0. The van der Waals surface area contributed by atoms with Crippen LogP contribution < -0.4 is 17.2 Å². The van der Waals surface area contributed by atoms with Gasteiger partial charge < -0.3 is 56.0 Å². The molecule has 0 amide bonds. The predicted octanol–water partition coefficient (Wildman–Crippen LogP) is -3.15. The summed E-state index contributed by atoms with van der Waals surface area (Å²) in [4.78, 5) is 56.9. The molecule has 0 spiro atoms. The average Bonchev–Trinajstić information content (AvgIpc) is 3.60. The van der Waals surface area contributed by atoms with Crippen molar-refractivity contribution < 1.29 is 75.9 Å². The highest BCUT2D eigenvalue weighted by Crippen LogP contribution is 2.67. The first-order chi connectivity index (χ1) is 21.9. The monoisotopic (exact) mass is 732 g/mol. The number of nitrogens with two attached hydrogens (primary N) is 2. The van der Waals surface area contributed by atoms with Crippen LogP contribution in [0.5, 0.6) is 0 Å². The molecule has 2 aliphatic rings. The van der Waals surface area contributed by atoms with Crippen molar-refractivity contribution in [1.29, 1.82) is 0 Å². The van der Waals surface area contributed by atoms with E-state index in [1.807, 2.05) is 0 Å². The number of phosphoric acid groups is 3. The van der Waals surface area contributed by atoms with Gasteiger partial charge in [-0.05, 0) is 6.07 Å². The van der Waals surface area contributed by atoms with Gasteiger partial charge in [0.1, 0.15) is 54.3 Å². The molecule has 0 radical (unpaired) electrons. The second-order valence-corrected chi connectivity index (χ2v) is 14.5. The highest BCUT2D eigenvalue weighted by molar-refractivity contribution is 7.66. The second-order valence-electron chi connectivity index (χ2n) is 9.88. The molecule has 3 aromatic rings. The first-order valence-corrected chi connectivity index (χ1v) is 17.4. The number of nitrogens with zero attached hydrogens (tertiary/aromatic N) is 6. The second kappa shape index (κ2) is 13.2. The van der Waals surface area contributed by atoms with Gasteiger partial charge in [-0.2, -0.15) is 13.6 Å². The summed E-state index contributed by atoms with van der Waals surface area (Å²) in [6.45, 7) is -2.12. The lowest BCUT2D eigenvalue weighted by Gasteiger charge is -2.21. The number of imidazole rings is 1. The Balaban J connectivity index is 1.15. The molecule has 28 heteroatoms. The number of nitrogen functional groups attached to an aromatic ring is 2. The first-order valence-electron chi connectivity index (χ1n) is 12.9. The Morgan fingerprint density at radius 2 is 1.32 bits per heavy atom. The molecule has 0 saturated carbocycles. The van der Waals surface area contributed by atoms with Crippen molar-refractivity contribution in [2.45, 2.75) is 49.1 Å². The molecular formula is C19H27N8O17P3. The lowest BCUT2D eigenvalue weighted by molar-refractivity contribution is -0.0542. The number of aliphatic hydroxyl groups excluding tert-OH is 4. The standard InChI is InChI=1S/C19H27N8O17P3/c20-9-1-2-26(19(32)25-9)17-13(30)11(28)7(41-17)3-39-45(33,34)43-47(37,38)44-46(35,36)40-4-8-12(29)14(31)18(42-8)27-6-24-10-15(21)22-5-23-16(10)27/h1-2,5-8,11-14,17-18,28-31H,3-4H2,(H,33,34)(H,35,36)(H,37,38)(H2,20,25,32)(H2,21,22,23)/t7-,8-,11-,12-,13-,14-,17+,18+/m1/s1. The van der Waals surface area contributed by atoms with Gasteiger partial charge in [0.05, 0.1) is 19.5 Å². The van der Waals surface area contributed by atoms with Gasteiger partial charge in [0.2, 0.25) is 0 Å². The molecule has 3 unspecified atom stereocenters. The number of aliphatic hydroxyl groups is 4. The van der Waals surface area contributed by atoms with Crippen LogP contribution in [0.15, 0.2) is 29.7 Å². The summed E-state index contributed by atoms with van der Waals surface area (Å²) in [7, 11) is -17.2. The predicted molar refractivity (Wildman–Crippen MR) is 148 cm³/mol. The minimum Gasteiger partial charge on any atom is -0.387 e. The fourth-order valence-corrected chi connectivity index (χ4v) is 8.05. The largest absolute Gasteiger partial charge is 0.490 e. The van der Waals surface area contributed by atoms with Crippen LogP contribution in [-0.4, -0.2) is 114 Å². The van der Waals surface area contributed by atoms with Crippen LogP contribution in [0.3, 0.4) is 0 Å². The Bertz CT molecular complexity index is 1830. The molecule has 2 saturated heterocycles. The Kier molecular flexibility index (Phi) is 10.0. The van der Waals surface area contributed by atoms with Gasteiger partial charge in [-0.1, -0.05) is 0 Å². The summed E-state index contributed by atoms with van der Waals surface area (Å²) in [5.41, 5.74) is 10.4. The summed E-state index contributed by atoms with van der Waals surface area (Å²) < 4.78 is 66.8. The Morgan fingerprint density at radius 1 is 0.787 bits per heavy atom. The summed E-state index contributed by atoms with van der Waals surface area (Å²) in [5.74, 6) is -0.139. The van der Waals surface area contributed by atoms with Gasteiger partial charge in [-0.25, -0.2) is 33.4 Å². The zero-order chi connectivity index (χ0) is 34.5. The molecule has 2 fully saturated rings. The van der Waals surface area contributed by atoms with E-state index in [0.717, 1.165) is 17.1 Å². The van der Waals surface area contributed by atoms with Crippen LogP contribution in [0.25, 0.3) is 11.2 Å². The van der Waals surface area contributed by atoms with Crippen LogP contribution in [0, 0.1) is 0 Å². The number of phosphoric ester groups is 2. The summed E-state index contributed by atoms with van der Waals surface area (Å²) in [6.07, 6.45) is -9.70. The molecule has 47 heavy (non-hydrogen) atoms. The topological polar surface area (TPSA) is 379 Å². The maximum absolute atomic E-state index is 12.4. The van der Waals surface area contributed by atoms with Gasteiger partial charge in [0.15, 0.2) is 23.9 Å². The Hall–Kier alpha value is -2.80. The lowest BCUT2D eigenvalue weighted by Crippen LogP contribution is -2.36. The molecule has 0 aliphatic carbocycles. The average molecular weight is 732 g/mol. The minimum absolute atomic E-state index is 0.00978. The van der Waals surface area contributed by atoms with E-state index in [0.29, 0.717) is 0 Å². The molecule has 2 aliphatic heterocycles. The van der Waals surface area contributed by atoms with Crippen molar-refractivity contribution in [2.75, 3.05) is 24.7 Å². The normalized spacial score (nSPS) is 31.8. The van der Waals surface area contributed by atoms with E-state index in [1.165, 1.54) is 17.0 Å². The zero-order valence-electron chi connectivity index (χ0n) is 23.2. The maximum Gasteiger partial charge on any atom is 0.490 e. The quantitative estimate of drug-likeness (QED) is 0.0830. The van der Waals surface area contributed by atoms with Gasteiger partial charge >= 0.3 is 29.2 Å². The van der Waals surface area contributed by atoms with Crippen molar-refractivity contribution >= 4 is 46.3 Å². The smallest absolute Gasteiger partial charge is 0.387 e. The van der Waals surface area contributed by atoms with Gasteiger partial charge in [0, 0.05) is 6.20 Å². The van der Waals surface area contributed by atoms with E-state index in [1.54, 1.807) is 0 Å². The third-order valence-corrected chi connectivity index (χ3v) is 10.9. The number of aromatic nitrogens is 6. The summed E-state index contributed by atoms with van der Waals surface area (Å²) in [6, 6.07) is 1.19. The van der Waals surface area contributed by atoms with E-state index in [9.17, 15) is 53.6 Å². The number of ether oxygens (including phenoxy) is 2. The minimum atomic E-state index is -5.95. The number of fused-ring (bicyclic) bond motifs is 1. The number of anilines is 2. The number of rotatable bonds is 12. The van der Waals surface area contributed by atoms with Crippen molar-refractivity contribution in [3.63, 3.8) is 0 Å². The van der Waals surface area contributed by atoms with Crippen molar-refractivity contribution in [3.8, 4) is 0 Å². The van der Waals surface area contributed by atoms with Crippen LogP contribution in [0.4, 0.5) is 11.6 Å². The van der Waals surface area contributed by atoms with Crippen LogP contribution in [0.2, 0.25) is 0 Å². The van der Waals surface area contributed by atoms with Crippen molar-refractivity contribution in [1.82, 2.24) is 29.1 Å². The number of hydrogen-bond donors (Lipinski definition) is 9. The fraction of sp³-hybridized carbons (Fsp3) is 0.526. The van der Waals surface area contributed by atoms with Gasteiger partial charge in [0.25, 0.3) is 0 Å². The molecule has 0 aromatic carbocycles. The van der Waals surface area contributed by atoms with Gasteiger partial charge in [-0.15, -0.1) is 0 Å². The van der Waals surface area contributed by atoms with E-state index in [2.05, 4.69) is 37.6 Å². The molecule has 5 heterocycles. The van der Waals surface area contributed by atoms with E-state index < -0.39 is 91.5 Å². The highest BCUT2D eigenvalue weighted by Gasteiger charge is 2.49. The highest BCUT2D eigenvalue weighted by atomic mass is 31.3. The molecule has 5 rings (SSSR count). The van der Waals surface area contributed by atoms with E-state index in [-0.39, 0.29) is 22.8 Å². The van der Waals surface area contributed by atoms with Crippen LogP contribution in [0.1, 0.15) is 12.5 Å². The molecular weight excluding hydrogens is 705 g/mol. The van der Waals surface area contributed by atoms with Crippen LogP contribution in [-0.2, 0) is 40.8 Å². The third kappa shape index (κ3) is 7.76. The maximum atomic E-state index is 12.4. The molecule has 0 bridgehead atoms. The molecule has 11 atom stereocenters. The molecule has 3 aromatic heterocycles. The fourth-order valence-electron chi connectivity index (χ4n) is 4.53. The molecule has 260 valence electrons. The van der Waals surface area contributed by atoms with Crippen molar-refractivity contribution in [2.24, 2.45) is 0 Å². The third-order valence-electron chi connectivity index (χ3n) is 6.68. The van der Waals surface area contributed by atoms with Gasteiger partial charge in [-0.3, -0.25) is 18.2 Å². The number of hydrogen-bond acceptors (Lipinski definition) is 20. The molecule has 25 nitrogen and oxygen atoms in total. The van der Waals surface area contributed by atoms with E-state index >= 15 is 0 Å². The van der Waals surface area contributed by atoms with Crippen LogP contribution >= 0.6 is 23.5 Å². The van der Waals surface area contributed by atoms with Crippen molar-refractivity contribution in [3.05, 3.63) is 35.4 Å². The Labute approximate surface area is 260 Å². The molecule has 11 N–H and O–H groups in total. The summed E-state index contributed by atoms with van der Waals surface area (Å²) in [5, 5.41) is 41.3.